The van der Waals surface area contributed by atoms with Gasteiger partial charge in [0.2, 0.25) is 0 Å². The molecule has 3 nitrogen and oxygen atoms in total. The standard InChI is InChI=1S/C7H10N2O/c1-9-3-5-2-7(8)10-6(5)4-9/h2H,3-4,8H2,1H3. The van der Waals surface area contributed by atoms with E-state index in [0.29, 0.717) is 5.88 Å². The summed E-state index contributed by atoms with van der Waals surface area (Å²) < 4.78 is 5.23. The highest BCUT2D eigenvalue weighted by Crippen LogP contribution is 2.25. The van der Waals surface area contributed by atoms with Crippen molar-refractivity contribution in [2.24, 2.45) is 0 Å². The van der Waals surface area contributed by atoms with Gasteiger partial charge in [-0.3, -0.25) is 4.90 Å². The zero-order valence-electron chi connectivity index (χ0n) is 5.92. The predicted octanol–water partition coefficient (Wildman–Crippen LogP) is 0.807. The van der Waals surface area contributed by atoms with E-state index in [-0.39, 0.29) is 0 Å². The quantitative estimate of drug-likeness (QED) is 0.576. The van der Waals surface area contributed by atoms with Crippen molar-refractivity contribution >= 4 is 5.88 Å². The first-order valence-corrected chi connectivity index (χ1v) is 3.31. The van der Waals surface area contributed by atoms with E-state index in [1.807, 2.05) is 6.07 Å². The number of hydrogen-bond acceptors (Lipinski definition) is 3. The van der Waals surface area contributed by atoms with Crippen molar-refractivity contribution in [3.05, 3.63) is 17.4 Å². The number of nitrogens with two attached hydrogens (primary N) is 1. The Labute approximate surface area is 59.4 Å². The Morgan fingerprint density at radius 1 is 1.60 bits per heavy atom. The van der Waals surface area contributed by atoms with Crippen molar-refractivity contribution in [3.63, 3.8) is 0 Å². The summed E-state index contributed by atoms with van der Waals surface area (Å²) in [6.07, 6.45) is 0. The van der Waals surface area contributed by atoms with Crippen LogP contribution in [0.4, 0.5) is 5.88 Å². The van der Waals surface area contributed by atoms with Crippen LogP contribution in [0.25, 0.3) is 0 Å². The molecule has 1 aromatic heterocycles. The van der Waals surface area contributed by atoms with Crippen molar-refractivity contribution in [2.75, 3.05) is 12.8 Å². The molecule has 0 saturated heterocycles. The van der Waals surface area contributed by atoms with Gasteiger partial charge in [0.1, 0.15) is 5.76 Å². The van der Waals surface area contributed by atoms with E-state index in [2.05, 4.69) is 11.9 Å². The highest BCUT2D eigenvalue weighted by atomic mass is 16.4. The minimum atomic E-state index is 0.540. The molecule has 1 aromatic rings. The van der Waals surface area contributed by atoms with Crippen LogP contribution < -0.4 is 5.73 Å². The minimum absolute atomic E-state index is 0.540. The van der Waals surface area contributed by atoms with E-state index in [4.69, 9.17) is 10.2 Å². The fraction of sp³-hybridized carbons (Fsp3) is 0.429. The molecular formula is C7H10N2O. The van der Waals surface area contributed by atoms with Gasteiger partial charge in [-0.1, -0.05) is 0 Å². The molecule has 0 aromatic carbocycles. The van der Waals surface area contributed by atoms with Crippen molar-refractivity contribution in [3.8, 4) is 0 Å². The summed E-state index contributed by atoms with van der Waals surface area (Å²) in [7, 11) is 2.06. The lowest BCUT2D eigenvalue weighted by atomic mass is 10.3. The lowest BCUT2D eigenvalue weighted by Crippen LogP contribution is -2.08. The third-order valence-corrected chi connectivity index (χ3v) is 1.77. The van der Waals surface area contributed by atoms with Gasteiger partial charge in [0, 0.05) is 18.2 Å². The maximum absolute atomic E-state index is 5.45. The number of furan rings is 1. The van der Waals surface area contributed by atoms with Crippen LogP contribution in [-0.4, -0.2) is 11.9 Å². The van der Waals surface area contributed by atoms with E-state index < -0.39 is 0 Å². The fourth-order valence-electron chi connectivity index (χ4n) is 1.35. The molecule has 0 atom stereocenters. The number of nitrogens with zero attached hydrogens (tertiary/aromatic N) is 1. The molecule has 0 bridgehead atoms. The molecule has 10 heavy (non-hydrogen) atoms. The summed E-state index contributed by atoms with van der Waals surface area (Å²) in [6.45, 7) is 1.86. The van der Waals surface area contributed by atoms with Crippen molar-refractivity contribution in [2.45, 2.75) is 13.1 Å². The van der Waals surface area contributed by atoms with Crippen LogP contribution in [0, 0.1) is 0 Å². The summed E-state index contributed by atoms with van der Waals surface area (Å²) >= 11 is 0. The smallest absolute Gasteiger partial charge is 0.190 e. The Kier molecular flexibility index (Phi) is 1.02. The molecule has 54 valence electrons. The molecule has 1 aliphatic rings. The molecule has 0 saturated carbocycles. The average molecular weight is 138 g/mol. The van der Waals surface area contributed by atoms with E-state index in [9.17, 15) is 0 Å². The zero-order chi connectivity index (χ0) is 7.14. The molecule has 0 amide bonds. The van der Waals surface area contributed by atoms with Gasteiger partial charge in [-0.15, -0.1) is 0 Å². The highest BCUT2D eigenvalue weighted by Gasteiger charge is 2.19. The van der Waals surface area contributed by atoms with Gasteiger partial charge >= 0.3 is 0 Å². The molecule has 0 spiro atoms. The number of anilines is 1. The molecular weight excluding hydrogens is 128 g/mol. The first-order valence-electron chi connectivity index (χ1n) is 3.31. The summed E-state index contributed by atoms with van der Waals surface area (Å²) in [5.41, 5.74) is 6.69. The second-order valence-electron chi connectivity index (χ2n) is 2.77. The summed E-state index contributed by atoms with van der Waals surface area (Å²) in [5, 5.41) is 0. The molecule has 3 heteroatoms. The second kappa shape index (κ2) is 1.76. The van der Waals surface area contributed by atoms with Crippen LogP contribution in [0.1, 0.15) is 11.3 Å². The zero-order valence-corrected chi connectivity index (χ0v) is 5.92. The van der Waals surface area contributed by atoms with E-state index in [1.165, 1.54) is 5.56 Å². The molecule has 2 N–H and O–H groups in total. The molecule has 1 aliphatic heterocycles. The number of rotatable bonds is 0. The maximum atomic E-state index is 5.45. The lowest BCUT2D eigenvalue weighted by Gasteiger charge is -2.03. The topological polar surface area (TPSA) is 42.4 Å². The summed E-state index contributed by atoms with van der Waals surface area (Å²) in [6, 6.07) is 1.90. The normalized spacial score (nSPS) is 17.7. The Hall–Kier alpha value is -0.960. The molecule has 0 radical (unpaired) electrons. The SMILES string of the molecule is CN1Cc2cc(N)oc2C1. The van der Waals surface area contributed by atoms with Crippen molar-refractivity contribution in [1.29, 1.82) is 0 Å². The van der Waals surface area contributed by atoms with Gasteiger partial charge in [0.25, 0.3) is 0 Å². The van der Waals surface area contributed by atoms with Crippen LogP contribution in [0.3, 0.4) is 0 Å². The van der Waals surface area contributed by atoms with Crippen LogP contribution in [-0.2, 0) is 13.1 Å². The first-order chi connectivity index (χ1) is 4.75. The lowest BCUT2D eigenvalue weighted by molar-refractivity contribution is 0.330. The van der Waals surface area contributed by atoms with E-state index in [0.717, 1.165) is 18.8 Å². The van der Waals surface area contributed by atoms with Crippen molar-refractivity contribution in [1.82, 2.24) is 4.90 Å². The predicted molar refractivity (Wildman–Crippen MR) is 38.3 cm³/mol. The first kappa shape index (κ1) is 5.80. The van der Waals surface area contributed by atoms with Gasteiger partial charge in [-0.05, 0) is 7.05 Å². The van der Waals surface area contributed by atoms with E-state index >= 15 is 0 Å². The summed E-state index contributed by atoms with van der Waals surface area (Å²) in [4.78, 5) is 2.19. The van der Waals surface area contributed by atoms with Gasteiger partial charge < -0.3 is 10.2 Å². The highest BCUT2D eigenvalue weighted by molar-refractivity contribution is 5.35. The fourth-order valence-corrected chi connectivity index (χ4v) is 1.35. The molecule has 0 unspecified atom stereocenters. The number of hydrogen-bond donors (Lipinski definition) is 1. The third kappa shape index (κ3) is 0.708. The minimum Gasteiger partial charge on any atom is -0.444 e. The van der Waals surface area contributed by atoms with E-state index in [1.54, 1.807) is 0 Å². The molecule has 0 aliphatic carbocycles. The Morgan fingerprint density at radius 2 is 2.40 bits per heavy atom. The Morgan fingerprint density at radius 3 is 3.10 bits per heavy atom. The summed E-state index contributed by atoms with van der Waals surface area (Å²) in [5.74, 6) is 1.57. The van der Waals surface area contributed by atoms with Crippen LogP contribution >= 0.6 is 0 Å². The van der Waals surface area contributed by atoms with Crippen LogP contribution in [0.5, 0.6) is 0 Å². The molecule has 2 heterocycles. The Bertz CT molecular complexity index is 231. The van der Waals surface area contributed by atoms with Crippen molar-refractivity contribution < 1.29 is 4.42 Å². The van der Waals surface area contributed by atoms with Gasteiger partial charge in [0.05, 0.1) is 6.54 Å². The molecule has 0 fully saturated rings. The number of fused-ring (bicyclic) bond motifs is 1. The maximum Gasteiger partial charge on any atom is 0.190 e. The molecule has 2 rings (SSSR count). The number of nitrogen functional groups attached to an aromatic ring is 1. The largest absolute Gasteiger partial charge is 0.444 e. The average Bonchev–Trinajstić information content (AvgIpc) is 2.21. The van der Waals surface area contributed by atoms with Gasteiger partial charge in [-0.25, -0.2) is 0 Å². The Balaban J connectivity index is 2.39. The third-order valence-electron chi connectivity index (χ3n) is 1.77. The van der Waals surface area contributed by atoms with Gasteiger partial charge in [0.15, 0.2) is 5.88 Å². The van der Waals surface area contributed by atoms with Gasteiger partial charge in [-0.2, -0.15) is 0 Å². The monoisotopic (exact) mass is 138 g/mol. The van der Waals surface area contributed by atoms with Crippen LogP contribution in [0.15, 0.2) is 10.5 Å². The second-order valence-corrected chi connectivity index (χ2v) is 2.77. The van der Waals surface area contributed by atoms with Crippen LogP contribution in [0.2, 0.25) is 0 Å².